The fourth-order valence-corrected chi connectivity index (χ4v) is 1.67. The number of nitrogens with one attached hydrogen (secondary N) is 1. The number of nitrogens with zero attached hydrogens (tertiary/aromatic N) is 3. The number of aromatic nitrogens is 2. The predicted molar refractivity (Wildman–Crippen MR) is 81.9 cm³/mol. The average molecular weight is 297 g/mol. The molecule has 1 rings (SSSR count). The summed E-state index contributed by atoms with van der Waals surface area (Å²) in [7, 11) is 0. The molecule has 0 aliphatic heterocycles. The Balaban J connectivity index is 0. The second-order valence-electron chi connectivity index (χ2n) is 3.87. The van der Waals surface area contributed by atoms with Crippen LogP contribution in [-0.2, 0) is 13.1 Å². The number of hydrogen-bond donors (Lipinski definition) is 1. The van der Waals surface area contributed by atoms with Gasteiger partial charge in [0.1, 0.15) is 0 Å². The first-order chi connectivity index (χ1) is 7.80. The zero-order valence-electron chi connectivity index (χ0n) is 11.6. The van der Waals surface area contributed by atoms with Crippen molar-refractivity contribution in [2.75, 3.05) is 26.2 Å². The lowest BCUT2D eigenvalue weighted by molar-refractivity contribution is 0.302. The van der Waals surface area contributed by atoms with E-state index in [4.69, 9.17) is 0 Å². The smallest absolute Gasteiger partial charge is 0.0762 e. The molecule has 0 amide bonds. The van der Waals surface area contributed by atoms with Crippen molar-refractivity contribution in [2.24, 2.45) is 0 Å². The summed E-state index contributed by atoms with van der Waals surface area (Å²) in [5, 5.41) is 7.85. The second kappa shape index (κ2) is 11.8. The van der Waals surface area contributed by atoms with Gasteiger partial charge in [-0.15, -0.1) is 24.8 Å². The van der Waals surface area contributed by atoms with Crippen LogP contribution < -0.4 is 5.32 Å². The summed E-state index contributed by atoms with van der Waals surface area (Å²) >= 11 is 0. The average Bonchev–Trinajstić information content (AvgIpc) is 2.77. The Kier molecular flexibility index (Phi) is 13.1. The van der Waals surface area contributed by atoms with Gasteiger partial charge >= 0.3 is 0 Å². The molecule has 1 heterocycles. The molecule has 0 radical (unpaired) electrons. The highest BCUT2D eigenvalue weighted by molar-refractivity contribution is 5.85. The van der Waals surface area contributed by atoms with E-state index in [2.05, 4.69) is 42.2 Å². The van der Waals surface area contributed by atoms with E-state index in [0.29, 0.717) is 0 Å². The number of rotatable bonds is 8. The van der Waals surface area contributed by atoms with E-state index in [-0.39, 0.29) is 24.8 Å². The van der Waals surface area contributed by atoms with E-state index in [1.165, 1.54) is 0 Å². The van der Waals surface area contributed by atoms with Crippen molar-refractivity contribution in [1.82, 2.24) is 20.0 Å². The van der Waals surface area contributed by atoms with Crippen molar-refractivity contribution >= 4 is 24.8 Å². The summed E-state index contributed by atoms with van der Waals surface area (Å²) in [5.41, 5.74) is 1.13. The minimum absolute atomic E-state index is 0. The lowest BCUT2D eigenvalue weighted by atomic mass is 10.4. The SMILES string of the molecule is CCN(CC)CCNCc1ccn(CC)n1.Cl.Cl. The first-order valence-electron chi connectivity index (χ1n) is 6.25. The Morgan fingerprint density at radius 1 is 1.22 bits per heavy atom. The molecule has 0 atom stereocenters. The van der Waals surface area contributed by atoms with Gasteiger partial charge in [0.25, 0.3) is 0 Å². The fourth-order valence-electron chi connectivity index (χ4n) is 1.67. The van der Waals surface area contributed by atoms with Gasteiger partial charge in [0.15, 0.2) is 0 Å². The Morgan fingerprint density at radius 2 is 1.89 bits per heavy atom. The van der Waals surface area contributed by atoms with Crippen LogP contribution in [0.25, 0.3) is 0 Å². The number of hydrogen-bond acceptors (Lipinski definition) is 3. The van der Waals surface area contributed by atoms with Gasteiger partial charge in [0.2, 0.25) is 0 Å². The van der Waals surface area contributed by atoms with E-state index in [9.17, 15) is 0 Å². The molecule has 0 aliphatic rings. The van der Waals surface area contributed by atoms with Crippen LogP contribution in [0.1, 0.15) is 26.5 Å². The maximum Gasteiger partial charge on any atom is 0.0762 e. The van der Waals surface area contributed by atoms with Crippen LogP contribution in [0.2, 0.25) is 0 Å². The van der Waals surface area contributed by atoms with Gasteiger partial charge in [-0.3, -0.25) is 4.68 Å². The van der Waals surface area contributed by atoms with Crippen molar-refractivity contribution in [1.29, 1.82) is 0 Å². The van der Waals surface area contributed by atoms with Gasteiger partial charge in [0, 0.05) is 32.4 Å². The minimum atomic E-state index is 0. The molecular formula is C12H26Cl2N4. The normalized spacial score (nSPS) is 10.0. The van der Waals surface area contributed by atoms with E-state index in [1.807, 2.05) is 10.9 Å². The topological polar surface area (TPSA) is 33.1 Å². The molecule has 0 saturated heterocycles. The Bertz CT molecular complexity index is 287. The predicted octanol–water partition coefficient (Wildman–Crippen LogP) is 2.18. The van der Waals surface area contributed by atoms with Gasteiger partial charge in [-0.1, -0.05) is 13.8 Å². The zero-order valence-corrected chi connectivity index (χ0v) is 13.2. The third kappa shape index (κ3) is 7.21. The third-order valence-electron chi connectivity index (χ3n) is 2.83. The summed E-state index contributed by atoms with van der Waals surface area (Å²) in [4.78, 5) is 2.41. The Hall–Kier alpha value is -0.290. The van der Waals surface area contributed by atoms with E-state index >= 15 is 0 Å². The number of halogens is 2. The summed E-state index contributed by atoms with van der Waals surface area (Å²) in [6, 6.07) is 2.08. The Morgan fingerprint density at radius 3 is 2.39 bits per heavy atom. The highest BCUT2D eigenvalue weighted by atomic mass is 35.5. The van der Waals surface area contributed by atoms with Crippen molar-refractivity contribution in [3.63, 3.8) is 0 Å². The fraction of sp³-hybridized carbons (Fsp3) is 0.750. The lowest BCUT2D eigenvalue weighted by Gasteiger charge is -2.17. The molecule has 0 bridgehead atoms. The largest absolute Gasteiger partial charge is 0.310 e. The molecule has 4 nitrogen and oxygen atoms in total. The molecule has 6 heteroatoms. The van der Waals surface area contributed by atoms with Crippen molar-refractivity contribution < 1.29 is 0 Å². The summed E-state index contributed by atoms with van der Waals surface area (Å²) in [6.07, 6.45) is 2.03. The summed E-state index contributed by atoms with van der Waals surface area (Å²) < 4.78 is 1.96. The monoisotopic (exact) mass is 296 g/mol. The molecular weight excluding hydrogens is 271 g/mol. The highest BCUT2D eigenvalue weighted by Crippen LogP contribution is 1.94. The van der Waals surface area contributed by atoms with E-state index in [0.717, 1.165) is 45.0 Å². The zero-order chi connectivity index (χ0) is 11.8. The van der Waals surface area contributed by atoms with E-state index in [1.54, 1.807) is 0 Å². The maximum atomic E-state index is 4.43. The quantitative estimate of drug-likeness (QED) is 0.747. The van der Waals surface area contributed by atoms with Crippen LogP contribution in [0.3, 0.4) is 0 Å². The number of likely N-dealkylation sites (N-methyl/N-ethyl adjacent to an activating group) is 1. The van der Waals surface area contributed by atoms with Crippen molar-refractivity contribution in [3.05, 3.63) is 18.0 Å². The Labute approximate surface area is 123 Å². The van der Waals surface area contributed by atoms with Gasteiger partial charge in [0.05, 0.1) is 5.69 Å². The first kappa shape index (κ1) is 20.0. The van der Waals surface area contributed by atoms with Crippen LogP contribution in [-0.4, -0.2) is 40.9 Å². The van der Waals surface area contributed by atoms with Gasteiger partial charge < -0.3 is 10.2 Å². The van der Waals surface area contributed by atoms with Crippen LogP contribution >= 0.6 is 24.8 Å². The van der Waals surface area contributed by atoms with E-state index < -0.39 is 0 Å². The van der Waals surface area contributed by atoms with Crippen LogP contribution in [0.5, 0.6) is 0 Å². The molecule has 0 aliphatic carbocycles. The third-order valence-corrected chi connectivity index (χ3v) is 2.83. The summed E-state index contributed by atoms with van der Waals surface area (Å²) in [6.45, 7) is 12.7. The van der Waals surface area contributed by atoms with Gasteiger partial charge in [-0.2, -0.15) is 5.10 Å². The molecule has 108 valence electrons. The molecule has 1 N–H and O–H groups in total. The lowest BCUT2D eigenvalue weighted by Crippen LogP contribution is -2.31. The molecule has 0 spiro atoms. The molecule has 0 fully saturated rings. The molecule has 1 aromatic heterocycles. The van der Waals surface area contributed by atoms with Crippen molar-refractivity contribution in [2.45, 2.75) is 33.9 Å². The van der Waals surface area contributed by atoms with Crippen molar-refractivity contribution in [3.8, 4) is 0 Å². The number of aryl methyl sites for hydroxylation is 1. The first-order valence-corrected chi connectivity index (χ1v) is 6.25. The molecule has 0 aromatic carbocycles. The maximum absolute atomic E-state index is 4.43. The minimum Gasteiger partial charge on any atom is -0.310 e. The molecule has 0 saturated carbocycles. The molecule has 0 unspecified atom stereocenters. The van der Waals surface area contributed by atoms with Crippen LogP contribution in [0.4, 0.5) is 0 Å². The van der Waals surface area contributed by atoms with Gasteiger partial charge in [-0.25, -0.2) is 0 Å². The second-order valence-corrected chi connectivity index (χ2v) is 3.87. The molecule has 1 aromatic rings. The standard InChI is InChI=1S/C12H24N4.2ClH/c1-4-15(5-2)10-8-13-11-12-7-9-16(6-3)14-12;;/h7,9,13H,4-6,8,10-11H2,1-3H3;2*1H. The summed E-state index contributed by atoms with van der Waals surface area (Å²) in [5.74, 6) is 0. The highest BCUT2D eigenvalue weighted by Gasteiger charge is 1.99. The van der Waals surface area contributed by atoms with Crippen LogP contribution in [0, 0.1) is 0 Å². The molecule has 18 heavy (non-hydrogen) atoms. The van der Waals surface area contributed by atoms with Gasteiger partial charge in [-0.05, 0) is 26.1 Å². The van der Waals surface area contributed by atoms with Crippen LogP contribution in [0.15, 0.2) is 12.3 Å².